The van der Waals surface area contributed by atoms with Gasteiger partial charge in [0, 0.05) is 56.9 Å². The van der Waals surface area contributed by atoms with Crippen LogP contribution in [0.5, 0.6) is 0 Å². The first-order chi connectivity index (χ1) is 12.9. The zero-order chi connectivity index (χ0) is 19.2. The first-order valence-electron chi connectivity index (χ1n) is 9.52. The highest BCUT2D eigenvalue weighted by atomic mass is 19.1. The van der Waals surface area contributed by atoms with E-state index in [1.54, 1.807) is 17.9 Å². The summed E-state index contributed by atoms with van der Waals surface area (Å²) < 4.78 is 19.3. The van der Waals surface area contributed by atoms with Gasteiger partial charge >= 0.3 is 5.97 Å². The second kappa shape index (κ2) is 6.87. The molecule has 146 valence electrons. The molecule has 1 N–H and O–H groups in total. The topological polar surface area (TPSA) is 70.1 Å². The number of rotatable bonds is 3. The maximum Gasteiger partial charge on any atom is 0.313 e. The third-order valence-electron chi connectivity index (χ3n) is 6.55. The second-order valence-electron chi connectivity index (χ2n) is 8.03. The molecule has 0 aromatic heterocycles. The Morgan fingerprint density at radius 1 is 1.22 bits per heavy atom. The highest BCUT2D eigenvalue weighted by Gasteiger charge is 2.59. The Kier molecular flexibility index (Phi) is 4.68. The van der Waals surface area contributed by atoms with E-state index in [9.17, 15) is 19.1 Å². The van der Waals surface area contributed by atoms with Crippen LogP contribution < -0.4 is 0 Å². The van der Waals surface area contributed by atoms with Crippen LogP contribution in [-0.4, -0.2) is 72.2 Å². The van der Waals surface area contributed by atoms with Gasteiger partial charge in [0.15, 0.2) is 0 Å². The molecule has 1 aromatic rings. The molecule has 6 nitrogen and oxygen atoms in total. The molecule has 1 amide bonds. The van der Waals surface area contributed by atoms with Gasteiger partial charge in [-0.15, -0.1) is 0 Å². The van der Waals surface area contributed by atoms with Gasteiger partial charge in [0.2, 0.25) is 0 Å². The van der Waals surface area contributed by atoms with Crippen molar-refractivity contribution in [1.29, 1.82) is 0 Å². The molecule has 0 aliphatic carbocycles. The van der Waals surface area contributed by atoms with Gasteiger partial charge in [0.25, 0.3) is 5.91 Å². The molecule has 4 rings (SSSR count). The minimum absolute atomic E-state index is 0.101. The number of ether oxygens (including phenoxy) is 1. The molecule has 3 aliphatic rings. The quantitative estimate of drug-likeness (QED) is 0.871. The Bertz CT molecular complexity index is 764. The molecule has 3 fully saturated rings. The average molecular weight is 376 g/mol. The maximum atomic E-state index is 13.8. The van der Waals surface area contributed by atoms with Crippen LogP contribution in [0.3, 0.4) is 0 Å². The summed E-state index contributed by atoms with van der Waals surface area (Å²) in [6.45, 7) is 4.75. The highest BCUT2D eigenvalue weighted by molar-refractivity contribution is 5.96. The summed E-state index contributed by atoms with van der Waals surface area (Å²) in [5.41, 5.74) is -0.306. The van der Waals surface area contributed by atoms with E-state index in [1.165, 1.54) is 12.1 Å². The predicted octanol–water partition coefficient (Wildman–Crippen LogP) is 1.77. The van der Waals surface area contributed by atoms with Gasteiger partial charge in [-0.3, -0.25) is 14.5 Å². The number of hydrogen-bond donors (Lipinski definition) is 1. The molecule has 7 heteroatoms. The number of aliphatic carboxylic acids is 1. The lowest BCUT2D eigenvalue weighted by Gasteiger charge is -2.33. The van der Waals surface area contributed by atoms with Crippen LogP contribution in [0.15, 0.2) is 18.2 Å². The highest BCUT2D eigenvalue weighted by Crippen LogP contribution is 2.44. The summed E-state index contributed by atoms with van der Waals surface area (Å²) in [5, 5.41) is 10.0. The molecule has 1 aromatic carbocycles. The van der Waals surface area contributed by atoms with Crippen molar-refractivity contribution >= 4 is 11.9 Å². The summed E-state index contributed by atoms with van der Waals surface area (Å²) in [7, 11) is 0. The summed E-state index contributed by atoms with van der Waals surface area (Å²) in [4.78, 5) is 29.0. The number of fused-ring (bicyclic) bond motifs is 1. The van der Waals surface area contributed by atoms with Crippen LogP contribution in [0.2, 0.25) is 0 Å². The standard InChI is InChI=1S/C20H25FN2O4/c1-13-16(3-2-4-17(13)21)18(24)23-10-14-9-22(15-5-7-27-8-6-15)11-20(14,12-23)19(25)26/h2-4,14-15H,5-12H2,1H3,(H,25,26)/t14-,20-/m1/s1. The Balaban J connectivity index is 1.54. The van der Waals surface area contributed by atoms with Crippen LogP contribution in [-0.2, 0) is 9.53 Å². The van der Waals surface area contributed by atoms with E-state index in [2.05, 4.69) is 4.90 Å². The maximum absolute atomic E-state index is 13.8. The first kappa shape index (κ1) is 18.4. The molecule has 0 saturated carbocycles. The number of nitrogens with zero attached hydrogens (tertiary/aromatic N) is 2. The van der Waals surface area contributed by atoms with Crippen LogP contribution in [0.1, 0.15) is 28.8 Å². The number of benzene rings is 1. The molecule has 3 heterocycles. The lowest BCUT2D eigenvalue weighted by atomic mass is 9.81. The van der Waals surface area contributed by atoms with E-state index in [4.69, 9.17) is 4.74 Å². The van der Waals surface area contributed by atoms with Crippen molar-refractivity contribution in [2.24, 2.45) is 11.3 Å². The summed E-state index contributed by atoms with van der Waals surface area (Å²) in [6.07, 6.45) is 1.85. The van der Waals surface area contributed by atoms with Gasteiger partial charge in [0.1, 0.15) is 11.2 Å². The van der Waals surface area contributed by atoms with E-state index >= 15 is 0 Å². The lowest BCUT2D eigenvalue weighted by molar-refractivity contribution is -0.148. The molecule has 0 bridgehead atoms. The fourth-order valence-corrected chi connectivity index (χ4v) is 4.90. The minimum Gasteiger partial charge on any atom is -0.481 e. The van der Waals surface area contributed by atoms with Crippen molar-refractivity contribution in [3.8, 4) is 0 Å². The molecule has 3 saturated heterocycles. The van der Waals surface area contributed by atoms with E-state index in [-0.39, 0.29) is 18.4 Å². The van der Waals surface area contributed by atoms with Gasteiger partial charge in [0.05, 0.1) is 0 Å². The number of likely N-dealkylation sites (tertiary alicyclic amines) is 2. The minimum atomic E-state index is -0.935. The summed E-state index contributed by atoms with van der Waals surface area (Å²) >= 11 is 0. The fourth-order valence-electron chi connectivity index (χ4n) is 4.90. The van der Waals surface area contributed by atoms with Crippen LogP contribution in [0, 0.1) is 24.1 Å². The SMILES string of the molecule is Cc1c(F)cccc1C(=O)N1C[C@H]2CN(C3CCOCC3)C[C@@]2(C(=O)O)C1. The molecule has 0 radical (unpaired) electrons. The van der Waals surface area contributed by atoms with Crippen molar-refractivity contribution in [2.75, 3.05) is 39.4 Å². The predicted molar refractivity (Wildman–Crippen MR) is 96.0 cm³/mol. The lowest BCUT2D eigenvalue weighted by Crippen LogP contribution is -2.45. The normalized spacial score (nSPS) is 29.1. The Labute approximate surface area is 157 Å². The third kappa shape index (κ3) is 3.02. The number of carbonyl (C=O) groups excluding carboxylic acids is 1. The Hall–Kier alpha value is -1.99. The first-order valence-corrected chi connectivity index (χ1v) is 9.52. The number of carboxylic acid groups (broad SMARTS) is 1. The summed E-state index contributed by atoms with van der Waals surface area (Å²) in [5.74, 6) is -1.64. The molecule has 27 heavy (non-hydrogen) atoms. The van der Waals surface area contributed by atoms with Gasteiger partial charge in [-0.05, 0) is 37.5 Å². The van der Waals surface area contributed by atoms with Gasteiger partial charge < -0.3 is 14.7 Å². The number of carbonyl (C=O) groups is 2. The second-order valence-corrected chi connectivity index (χ2v) is 8.03. The largest absolute Gasteiger partial charge is 0.481 e. The number of amides is 1. The molecule has 3 aliphatic heterocycles. The summed E-state index contributed by atoms with van der Waals surface area (Å²) in [6, 6.07) is 4.81. The third-order valence-corrected chi connectivity index (χ3v) is 6.55. The van der Waals surface area contributed by atoms with Crippen LogP contribution >= 0.6 is 0 Å². The molecular formula is C20H25FN2O4. The van der Waals surface area contributed by atoms with Crippen molar-refractivity contribution in [1.82, 2.24) is 9.80 Å². The van der Waals surface area contributed by atoms with E-state index in [0.29, 0.717) is 36.8 Å². The van der Waals surface area contributed by atoms with Gasteiger partial charge in [-0.25, -0.2) is 4.39 Å². The Morgan fingerprint density at radius 2 is 1.96 bits per heavy atom. The van der Waals surface area contributed by atoms with E-state index in [0.717, 1.165) is 26.1 Å². The molecule has 0 spiro atoms. The van der Waals surface area contributed by atoms with Gasteiger partial charge in [-0.2, -0.15) is 0 Å². The van der Waals surface area contributed by atoms with Crippen LogP contribution in [0.4, 0.5) is 4.39 Å². The molecule has 2 atom stereocenters. The van der Waals surface area contributed by atoms with Crippen molar-refractivity contribution in [2.45, 2.75) is 25.8 Å². The van der Waals surface area contributed by atoms with Crippen molar-refractivity contribution in [3.63, 3.8) is 0 Å². The zero-order valence-corrected chi connectivity index (χ0v) is 15.5. The van der Waals surface area contributed by atoms with E-state index < -0.39 is 17.2 Å². The van der Waals surface area contributed by atoms with Gasteiger partial charge in [-0.1, -0.05) is 6.07 Å². The zero-order valence-electron chi connectivity index (χ0n) is 15.5. The van der Waals surface area contributed by atoms with Crippen LogP contribution in [0.25, 0.3) is 0 Å². The molecular weight excluding hydrogens is 351 g/mol. The number of halogens is 1. The number of carboxylic acids is 1. The molecule has 0 unspecified atom stereocenters. The monoisotopic (exact) mass is 376 g/mol. The Morgan fingerprint density at radius 3 is 2.63 bits per heavy atom. The van der Waals surface area contributed by atoms with Crippen molar-refractivity contribution in [3.05, 3.63) is 35.1 Å². The average Bonchev–Trinajstić information content (AvgIpc) is 3.20. The smallest absolute Gasteiger partial charge is 0.313 e. The number of hydrogen-bond acceptors (Lipinski definition) is 4. The van der Waals surface area contributed by atoms with Crippen molar-refractivity contribution < 1.29 is 23.8 Å². The fraction of sp³-hybridized carbons (Fsp3) is 0.600. The van der Waals surface area contributed by atoms with E-state index in [1.807, 2.05) is 0 Å².